The van der Waals surface area contributed by atoms with Crippen LogP contribution in [0.5, 0.6) is 0 Å². The van der Waals surface area contributed by atoms with Crippen molar-refractivity contribution >= 4 is 19.7 Å². The van der Waals surface area contributed by atoms with Crippen molar-refractivity contribution in [2.45, 2.75) is 348 Å². The number of amides is 1. The lowest BCUT2D eigenvalue weighted by molar-refractivity contribution is -0.870. The van der Waals surface area contributed by atoms with E-state index in [1.54, 1.807) is 0 Å². The summed E-state index contributed by atoms with van der Waals surface area (Å²) in [7, 11) is 1.21. The predicted octanol–water partition coefficient (Wildman–Crippen LogP) is 19.3. The van der Waals surface area contributed by atoms with Gasteiger partial charge in [0.25, 0.3) is 7.82 Å². The molecular formula is C64H127N2O7P. The van der Waals surface area contributed by atoms with Crippen molar-refractivity contribution < 1.29 is 37.3 Å². The van der Waals surface area contributed by atoms with Crippen molar-refractivity contribution in [1.29, 1.82) is 0 Å². The lowest BCUT2D eigenvalue weighted by atomic mass is 10.0. The Kier molecular flexibility index (Phi) is 54.1. The summed E-state index contributed by atoms with van der Waals surface area (Å²) in [4.78, 5) is 40.0. The number of esters is 1. The molecule has 10 heteroatoms. The van der Waals surface area contributed by atoms with E-state index >= 15 is 0 Å². The third-order valence-corrected chi connectivity index (χ3v) is 15.9. The molecule has 9 nitrogen and oxygen atoms in total. The molecule has 0 aliphatic rings. The average Bonchev–Trinajstić information content (AvgIpc) is 3.36. The molecule has 0 heterocycles. The van der Waals surface area contributed by atoms with Crippen LogP contribution in [0.1, 0.15) is 335 Å². The largest absolute Gasteiger partial charge is 0.756 e. The first-order chi connectivity index (χ1) is 35.9. The SMILES string of the molecule is CCCCCCCCCCCCC/C=C/C(OC(=O)CCCCCCCCCCCCCCCC)C(COP(=O)([O-])OCC[N+](C)(C)C)NC(=O)CCCCCCCCCCCCCCCCCCCCCCC. The summed E-state index contributed by atoms with van der Waals surface area (Å²) in [5, 5.41) is 3.04. The van der Waals surface area contributed by atoms with Gasteiger partial charge in [0.2, 0.25) is 5.91 Å². The van der Waals surface area contributed by atoms with Gasteiger partial charge in [-0.25, -0.2) is 0 Å². The van der Waals surface area contributed by atoms with Crippen molar-refractivity contribution in [3.8, 4) is 0 Å². The summed E-state index contributed by atoms with van der Waals surface area (Å²) in [6, 6.07) is -0.879. The van der Waals surface area contributed by atoms with Crippen LogP contribution in [-0.4, -0.2) is 69.4 Å². The van der Waals surface area contributed by atoms with Crippen molar-refractivity contribution in [1.82, 2.24) is 5.32 Å². The fraction of sp³-hybridized carbons (Fsp3) is 0.938. The number of carbonyl (C=O) groups is 2. The third-order valence-electron chi connectivity index (χ3n) is 15.0. The molecule has 0 aromatic rings. The van der Waals surface area contributed by atoms with Crippen molar-refractivity contribution in [2.75, 3.05) is 40.9 Å². The van der Waals surface area contributed by atoms with Crippen LogP contribution >= 0.6 is 7.82 Å². The van der Waals surface area contributed by atoms with Gasteiger partial charge in [-0.2, -0.15) is 0 Å². The molecule has 0 aromatic carbocycles. The van der Waals surface area contributed by atoms with Crippen LogP contribution in [0.3, 0.4) is 0 Å². The molecule has 0 rings (SSSR count). The Morgan fingerprint density at radius 3 is 1.11 bits per heavy atom. The number of rotatable bonds is 60. The van der Waals surface area contributed by atoms with E-state index < -0.39 is 20.0 Å². The summed E-state index contributed by atoms with van der Waals surface area (Å²) < 4.78 is 30.4. The van der Waals surface area contributed by atoms with E-state index in [0.29, 0.717) is 17.4 Å². The number of quaternary nitrogens is 1. The van der Waals surface area contributed by atoms with Crippen LogP contribution in [-0.2, 0) is 27.9 Å². The van der Waals surface area contributed by atoms with E-state index in [2.05, 4.69) is 26.1 Å². The number of phosphoric acid groups is 1. The zero-order valence-corrected chi connectivity index (χ0v) is 51.2. The fourth-order valence-electron chi connectivity index (χ4n) is 9.94. The van der Waals surface area contributed by atoms with Crippen LogP contribution in [0.25, 0.3) is 0 Å². The summed E-state index contributed by atoms with van der Waals surface area (Å²) in [5.41, 5.74) is 0. The Balaban J connectivity index is 5.15. The lowest BCUT2D eigenvalue weighted by Crippen LogP contribution is -2.47. The maximum Gasteiger partial charge on any atom is 0.306 e. The zero-order valence-electron chi connectivity index (χ0n) is 50.3. The molecule has 74 heavy (non-hydrogen) atoms. The number of likely N-dealkylation sites (N-methyl/N-ethyl adjacent to an activating group) is 1. The first-order valence-electron chi connectivity index (χ1n) is 32.5. The van der Waals surface area contributed by atoms with E-state index in [4.69, 9.17) is 13.8 Å². The highest BCUT2D eigenvalue weighted by molar-refractivity contribution is 7.45. The normalized spacial score (nSPS) is 13.7. The monoisotopic (exact) mass is 1070 g/mol. The highest BCUT2D eigenvalue weighted by Gasteiger charge is 2.27. The number of allylic oxidation sites excluding steroid dienone is 1. The Bertz CT molecular complexity index is 1270. The molecule has 3 atom stereocenters. The summed E-state index contributed by atoms with van der Waals surface area (Å²) >= 11 is 0. The van der Waals surface area contributed by atoms with Gasteiger partial charge in [0.1, 0.15) is 19.3 Å². The van der Waals surface area contributed by atoms with Crippen LogP contribution in [0.4, 0.5) is 0 Å². The van der Waals surface area contributed by atoms with Crippen molar-refractivity contribution in [3.63, 3.8) is 0 Å². The van der Waals surface area contributed by atoms with Gasteiger partial charge in [0.05, 0.1) is 33.8 Å². The minimum Gasteiger partial charge on any atom is -0.756 e. The first-order valence-corrected chi connectivity index (χ1v) is 34.0. The second-order valence-electron chi connectivity index (χ2n) is 23.6. The van der Waals surface area contributed by atoms with Gasteiger partial charge in [-0.1, -0.05) is 303 Å². The van der Waals surface area contributed by atoms with Crippen LogP contribution in [0.2, 0.25) is 0 Å². The number of phosphoric ester groups is 1. The van der Waals surface area contributed by atoms with E-state index in [1.807, 2.05) is 33.3 Å². The van der Waals surface area contributed by atoms with Gasteiger partial charge >= 0.3 is 5.97 Å². The molecule has 0 aliphatic heterocycles. The van der Waals surface area contributed by atoms with Gasteiger partial charge in [-0.05, 0) is 31.8 Å². The van der Waals surface area contributed by atoms with Crippen LogP contribution in [0.15, 0.2) is 12.2 Å². The quantitative estimate of drug-likeness (QED) is 0.0212. The number of nitrogens with one attached hydrogen (secondary N) is 1. The zero-order chi connectivity index (χ0) is 54.3. The van der Waals surface area contributed by atoms with Gasteiger partial charge in [-0.3, -0.25) is 14.2 Å². The standard InChI is InChI=1S/C64H127N2O7P/c1-7-10-13-16-19-22-25-28-30-31-32-33-34-35-36-38-41-44-47-50-53-56-63(67)65-61(60-72-74(69,70)71-59-58-66(4,5)6)62(55-52-49-46-43-40-37-27-24-21-18-15-12-9-3)73-64(68)57-54-51-48-45-42-39-29-26-23-20-17-14-11-8-2/h52,55,61-62H,7-51,53-54,56-60H2,1-6H3,(H-,65,67,69,70)/b55-52+. The molecule has 3 unspecified atom stereocenters. The number of nitrogens with zero attached hydrogens (tertiary/aromatic N) is 1. The lowest BCUT2D eigenvalue weighted by Gasteiger charge is -2.30. The number of unbranched alkanes of at least 4 members (excludes halogenated alkanes) is 44. The number of carbonyl (C=O) groups excluding carboxylic acids is 2. The topological polar surface area (TPSA) is 114 Å². The predicted molar refractivity (Wildman–Crippen MR) is 317 cm³/mol. The van der Waals surface area contributed by atoms with Crippen LogP contribution in [0, 0.1) is 0 Å². The minimum absolute atomic E-state index is 0.0166. The van der Waals surface area contributed by atoms with Gasteiger partial charge in [0, 0.05) is 12.8 Å². The molecule has 0 spiro atoms. The maximum atomic E-state index is 13.5. The smallest absolute Gasteiger partial charge is 0.306 e. The average molecular weight is 1070 g/mol. The molecule has 0 aromatic heterocycles. The summed E-state index contributed by atoms with van der Waals surface area (Å²) in [5.74, 6) is -0.517. The highest BCUT2D eigenvalue weighted by atomic mass is 31.2. The molecule has 0 aliphatic carbocycles. The Hall–Kier alpha value is -1.25. The van der Waals surface area contributed by atoms with Gasteiger partial charge < -0.3 is 28.5 Å². The number of hydrogen-bond acceptors (Lipinski definition) is 7. The number of ether oxygens (including phenoxy) is 1. The fourth-order valence-corrected chi connectivity index (χ4v) is 10.7. The summed E-state index contributed by atoms with van der Waals surface area (Å²) in [6.07, 6.45) is 63.2. The summed E-state index contributed by atoms with van der Waals surface area (Å²) in [6.45, 7) is 6.90. The molecule has 0 saturated heterocycles. The molecular weight excluding hydrogens is 940 g/mol. The highest BCUT2D eigenvalue weighted by Crippen LogP contribution is 2.38. The second kappa shape index (κ2) is 55.1. The molecule has 1 N–H and O–H groups in total. The third kappa shape index (κ3) is 55.5. The Morgan fingerprint density at radius 2 is 0.770 bits per heavy atom. The van der Waals surface area contributed by atoms with Crippen molar-refractivity contribution in [2.24, 2.45) is 0 Å². The van der Waals surface area contributed by atoms with Crippen molar-refractivity contribution in [3.05, 3.63) is 12.2 Å². The Labute approximate surface area is 461 Å². The van der Waals surface area contributed by atoms with Gasteiger partial charge in [0.15, 0.2) is 0 Å². The molecule has 0 saturated carbocycles. The van der Waals surface area contributed by atoms with Gasteiger partial charge in [-0.15, -0.1) is 0 Å². The van der Waals surface area contributed by atoms with Crippen LogP contribution < -0.4 is 10.2 Å². The maximum absolute atomic E-state index is 13.5. The second-order valence-corrected chi connectivity index (χ2v) is 25.0. The van der Waals surface area contributed by atoms with E-state index in [9.17, 15) is 19.0 Å². The molecule has 0 radical (unpaired) electrons. The van der Waals surface area contributed by atoms with E-state index in [0.717, 1.165) is 57.8 Å². The molecule has 0 fully saturated rings. The van der Waals surface area contributed by atoms with E-state index in [1.165, 1.54) is 244 Å². The minimum atomic E-state index is -4.69. The molecule has 1 amide bonds. The van der Waals surface area contributed by atoms with E-state index in [-0.39, 0.29) is 31.5 Å². The first kappa shape index (κ1) is 72.8. The molecule has 440 valence electrons. The Morgan fingerprint density at radius 1 is 0.459 bits per heavy atom. The number of hydrogen-bond donors (Lipinski definition) is 1. The molecule has 0 bridgehead atoms.